The number of nitrogens with zero attached hydrogens (tertiary/aromatic N) is 3. The first-order chi connectivity index (χ1) is 12.4. The second-order valence-electron chi connectivity index (χ2n) is 7.18. The van der Waals surface area contributed by atoms with E-state index in [1.807, 2.05) is 6.07 Å². The number of aliphatic imine (C=N–C) groups is 1. The van der Waals surface area contributed by atoms with E-state index in [0.717, 1.165) is 12.5 Å². The molecule has 7 heteroatoms. The van der Waals surface area contributed by atoms with E-state index in [2.05, 4.69) is 39.5 Å². The molecule has 0 bridgehead atoms. The Morgan fingerprint density at radius 3 is 2.42 bits per heavy atom. The summed E-state index contributed by atoms with van der Waals surface area (Å²) in [5, 5.41) is 3.41. The first kappa shape index (κ1) is 19.0. The molecule has 0 radical (unpaired) electrons. The van der Waals surface area contributed by atoms with Crippen molar-refractivity contribution in [1.29, 1.82) is 0 Å². The molecule has 4 nitrogen and oxygen atoms in total. The maximum absolute atomic E-state index is 12.9. The maximum Gasteiger partial charge on any atom is 0.403 e. The Kier molecular flexibility index (Phi) is 5.75. The molecule has 1 N–H and O–H groups in total. The lowest BCUT2D eigenvalue weighted by atomic mass is 10.1. The summed E-state index contributed by atoms with van der Waals surface area (Å²) in [7, 11) is 1.73. The Morgan fingerprint density at radius 2 is 1.85 bits per heavy atom. The molecule has 3 unspecified atom stereocenters. The van der Waals surface area contributed by atoms with Crippen molar-refractivity contribution in [2.45, 2.75) is 31.5 Å². The molecule has 2 fully saturated rings. The summed E-state index contributed by atoms with van der Waals surface area (Å²) >= 11 is 0. The zero-order chi connectivity index (χ0) is 18.7. The van der Waals surface area contributed by atoms with E-state index >= 15 is 0 Å². The summed E-state index contributed by atoms with van der Waals surface area (Å²) in [4.78, 5) is 7.87. The number of rotatable bonds is 4. The van der Waals surface area contributed by atoms with E-state index in [0.29, 0.717) is 38.0 Å². The van der Waals surface area contributed by atoms with E-state index in [9.17, 15) is 13.2 Å². The van der Waals surface area contributed by atoms with Gasteiger partial charge in [0.15, 0.2) is 5.96 Å². The molecule has 26 heavy (non-hydrogen) atoms. The largest absolute Gasteiger partial charge is 0.403 e. The molecule has 1 aromatic rings. The van der Waals surface area contributed by atoms with Gasteiger partial charge in [-0.2, -0.15) is 13.2 Å². The van der Waals surface area contributed by atoms with E-state index in [1.165, 1.54) is 23.8 Å². The van der Waals surface area contributed by atoms with Gasteiger partial charge < -0.3 is 10.2 Å². The Labute approximate surface area is 153 Å². The third-order valence-electron chi connectivity index (χ3n) is 5.52. The highest BCUT2D eigenvalue weighted by Crippen LogP contribution is 2.46. The number of guanidine groups is 1. The monoisotopic (exact) mass is 368 g/mol. The lowest BCUT2D eigenvalue weighted by Gasteiger charge is -2.39. The highest BCUT2D eigenvalue weighted by atomic mass is 19.4. The van der Waals surface area contributed by atoms with Gasteiger partial charge in [-0.25, -0.2) is 0 Å². The van der Waals surface area contributed by atoms with Crippen LogP contribution in [0.15, 0.2) is 35.3 Å². The molecule has 3 atom stereocenters. The van der Waals surface area contributed by atoms with Crippen LogP contribution in [-0.2, 0) is 0 Å². The van der Waals surface area contributed by atoms with Crippen molar-refractivity contribution < 1.29 is 13.2 Å². The van der Waals surface area contributed by atoms with Gasteiger partial charge in [-0.1, -0.05) is 30.3 Å². The average Bonchev–Trinajstić information content (AvgIpc) is 3.42. The fraction of sp³-hybridized carbons (Fsp3) is 0.632. The Hall–Kier alpha value is -1.76. The summed E-state index contributed by atoms with van der Waals surface area (Å²) in [5.41, 5.74) is 1.38. The highest BCUT2D eigenvalue weighted by molar-refractivity contribution is 5.80. The van der Waals surface area contributed by atoms with Gasteiger partial charge in [-0.15, -0.1) is 0 Å². The number of hydrogen-bond donors (Lipinski definition) is 1. The molecule has 0 spiro atoms. The van der Waals surface area contributed by atoms with Crippen molar-refractivity contribution in [2.24, 2.45) is 10.9 Å². The van der Waals surface area contributed by atoms with Crippen LogP contribution in [0.3, 0.4) is 0 Å². The van der Waals surface area contributed by atoms with Crippen LogP contribution in [0.5, 0.6) is 0 Å². The quantitative estimate of drug-likeness (QED) is 0.655. The second kappa shape index (κ2) is 7.86. The Morgan fingerprint density at radius 1 is 1.19 bits per heavy atom. The number of benzene rings is 1. The summed E-state index contributed by atoms with van der Waals surface area (Å²) in [6, 6.07) is 9.11. The van der Waals surface area contributed by atoms with Gasteiger partial charge in [-0.05, 0) is 30.7 Å². The SMILES string of the molecule is CN=C(NCC1CC1c1ccccc1)N1CCN(C(C)C(F)(F)F)CC1. The lowest BCUT2D eigenvalue weighted by molar-refractivity contribution is -0.181. The molecule has 1 saturated carbocycles. The van der Waals surface area contributed by atoms with Gasteiger partial charge in [0.1, 0.15) is 6.04 Å². The first-order valence-corrected chi connectivity index (χ1v) is 9.21. The molecule has 0 aromatic heterocycles. The predicted octanol–water partition coefficient (Wildman–Crippen LogP) is 2.93. The molecule has 1 heterocycles. The summed E-state index contributed by atoms with van der Waals surface area (Å²) in [5.74, 6) is 2.00. The van der Waals surface area contributed by atoms with Gasteiger partial charge in [0.25, 0.3) is 0 Å². The molecule has 1 saturated heterocycles. The van der Waals surface area contributed by atoms with E-state index in [4.69, 9.17) is 0 Å². The first-order valence-electron chi connectivity index (χ1n) is 9.21. The van der Waals surface area contributed by atoms with Crippen molar-refractivity contribution in [3.63, 3.8) is 0 Å². The summed E-state index contributed by atoms with van der Waals surface area (Å²) in [6.07, 6.45) is -2.99. The predicted molar refractivity (Wildman–Crippen MR) is 97.3 cm³/mol. The minimum Gasteiger partial charge on any atom is -0.356 e. The van der Waals surface area contributed by atoms with Crippen molar-refractivity contribution in [2.75, 3.05) is 39.8 Å². The molecule has 144 valence electrons. The molecule has 1 aliphatic heterocycles. The number of nitrogens with one attached hydrogen (secondary N) is 1. The van der Waals surface area contributed by atoms with Crippen LogP contribution < -0.4 is 5.32 Å². The molecule has 1 aromatic carbocycles. The second-order valence-corrected chi connectivity index (χ2v) is 7.18. The minimum atomic E-state index is -4.17. The fourth-order valence-corrected chi connectivity index (χ4v) is 3.66. The molecule has 2 aliphatic rings. The number of halogens is 3. The summed E-state index contributed by atoms with van der Waals surface area (Å²) < 4.78 is 38.6. The van der Waals surface area contributed by atoms with E-state index in [1.54, 1.807) is 7.05 Å². The topological polar surface area (TPSA) is 30.9 Å². The van der Waals surface area contributed by atoms with Crippen LogP contribution in [0.1, 0.15) is 24.8 Å². The van der Waals surface area contributed by atoms with Gasteiger partial charge in [0.2, 0.25) is 0 Å². The standard InChI is InChI=1S/C19H27F3N4/c1-14(19(20,21)22)25-8-10-26(11-9-25)18(23-2)24-13-16-12-17(16)15-6-4-3-5-7-15/h3-7,14,16-17H,8-13H2,1-2H3,(H,23,24). The molecule has 0 amide bonds. The fourth-order valence-electron chi connectivity index (χ4n) is 3.66. The average molecular weight is 368 g/mol. The van der Waals surface area contributed by atoms with Gasteiger partial charge in [0, 0.05) is 39.8 Å². The maximum atomic E-state index is 12.9. The van der Waals surface area contributed by atoms with Gasteiger partial charge in [0.05, 0.1) is 0 Å². The van der Waals surface area contributed by atoms with Crippen molar-refractivity contribution in [1.82, 2.24) is 15.1 Å². The zero-order valence-corrected chi connectivity index (χ0v) is 15.3. The van der Waals surface area contributed by atoms with Crippen LogP contribution in [-0.4, -0.2) is 67.7 Å². The van der Waals surface area contributed by atoms with Crippen LogP contribution >= 0.6 is 0 Å². The molecular formula is C19H27F3N4. The lowest BCUT2D eigenvalue weighted by Crippen LogP contribution is -2.56. The van der Waals surface area contributed by atoms with Crippen LogP contribution in [0.25, 0.3) is 0 Å². The number of alkyl halides is 3. The van der Waals surface area contributed by atoms with Crippen LogP contribution in [0.2, 0.25) is 0 Å². The van der Waals surface area contributed by atoms with Crippen molar-refractivity contribution in [3.8, 4) is 0 Å². The molecular weight excluding hydrogens is 341 g/mol. The number of hydrogen-bond acceptors (Lipinski definition) is 2. The van der Waals surface area contributed by atoms with Crippen molar-refractivity contribution in [3.05, 3.63) is 35.9 Å². The van der Waals surface area contributed by atoms with Crippen LogP contribution in [0.4, 0.5) is 13.2 Å². The van der Waals surface area contributed by atoms with Gasteiger partial charge in [-0.3, -0.25) is 9.89 Å². The Balaban J connectivity index is 1.45. The normalized spacial score (nSPS) is 25.9. The van der Waals surface area contributed by atoms with Gasteiger partial charge >= 0.3 is 6.18 Å². The van der Waals surface area contributed by atoms with Crippen LogP contribution in [0, 0.1) is 5.92 Å². The smallest absolute Gasteiger partial charge is 0.356 e. The van der Waals surface area contributed by atoms with Crippen molar-refractivity contribution >= 4 is 5.96 Å². The minimum absolute atomic E-state index is 0.400. The zero-order valence-electron chi connectivity index (χ0n) is 15.3. The molecule has 3 rings (SSSR count). The molecule has 1 aliphatic carbocycles. The highest BCUT2D eigenvalue weighted by Gasteiger charge is 2.41. The number of piperazine rings is 1. The Bertz CT molecular complexity index is 609. The van der Waals surface area contributed by atoms with E-state index in [-0.39, 0.29) is 0 Å². The van der Waals surface area contributed by atoms with E-state index < -0.39 is 12.2 Å². The summed E-state index contributed by atoms with van der Waals surface area (Å²) in [6.45, 7) is 4.01. The third-order valence-corrected chi connectivity index (χ3v) is 5.52. The third kappa shape index (κ3) is 4.50.